The number of carbonyl (C=O) groups is 2. The van der Waals surface area contributed by atoms with Crippen molar-refractivity contribution in [3.05, 3.63) is 46.5 Å². The van der Waals surface area contributed by atoms with Gasteiger partial charge in [-0.15, -0.1) is 0 Å². The number of hydrogen-bond donors (Lipinski definition) is 0. The first kappa shape index (κ1) is 19.8. The summed E-state index contributed by atoms with van der Waals surface area (Å²) in [6.45, 7) is 1.94. The molecule has 1 aliphatic heterocycles. The fraction of sp³-hybridized carbons (Fsp3) is 0.500. The number of ketones is 2. The van der Waals surface area contributed by atoms with Crippen molar-refractivity contribution in [2.45, 2.75) is 44.9 Å². The molecule has 2 aromatic rings. The van der Waals surface area contributed by atoms with E-state index in [-0.39, 0.29) is 17.4 Å². The van der Waals surface area contributed by atoms with Crippen LogP contribution in [0.2, 0.25) is 0 Å². The third kappa shape index (κ3) is 3.96. The summed E-state index contributed by atoms with van der Waals surface area (Å²) in [5, 5.41) is 0. The first-order valence-corrected chi connectivity index (χ1v) is 10.2. The average Bonchev–Trinajstić information content (AvgIpc) is 3.04. The monoisotopic (exact) mass is 401 g/mol. The number of Topliss-reactive ketones (excluding diaryl/α,β-unsaturated/α-hetero) is 2. The van der Waals surface area contributed by atoms with Crippen molar-refractivity contribution in [1.82, 2.24) is 4.90 Å². The van der Waals surface area contributed by atoms with E-state index in [0.29, 0.717) is 68.8 Å². The van der Waals surface area contributed by atoms with Crippen LogP contribution in [0.1, 0.15) is 44.3 Å². The number of nitrogens with zero attached hydrogens (tertiary/aromatic N) is 1. The molecule has 1 saturated heterocycles. The maximum Gasteiger partial charge on any atom is 0.519 e. The van der Waals surface area contributed by atoms with Crippen LogP contribution in [0.25, 0.3) is 11.3 Å². The first-order valence-electron chi connectivity index (χ1n) is 10.2. The molecule has 1 spiro atoms. The zero-order valence-corrected chi connectivity index (χ0v) is 16.2. The Morgan fingerprint density at radius 2 is 1.55 bits per heavy atom. The second-order valence-electron chi connectivity index (χ2n) is 7.94. The van der Waals surface area contributed by atoms with Gasteiger partial charge in [-0.05, 0) is 63.0 Å². The molecule has 1 saturated carbocycles. The minimum atomic E-state index is -0.786. The standard InChI is InChI=1S/C22H24FNO5/c23-16-7-5-15(6-8-16)20-17(28-21(27)29-20)9-12-24-13-10-22(11-14-24)18(25)3-1-2-4-19(22)26/h5-8H,1-4,9-14H2. The summed E-state index contributed by atoms with van der Waals surface area (Å²) in [7, 11) is 0. The van der Waals surface area contributed by atoms with Gasteiger partial charge in [0.05, 0.1) is 5.41 Å². The molecule has 2 fully saturated rings. The van der Waals surface area contributed by atoms with E-state index >= 15 is 0 Å². The predicted molar refractivity (Wildman–Crippen MR) is 103 cm³/mol. The van der Waals surface area contributed by atoms with Gasteiger partial charge in [0.2, 0.25) is 0 Å². The van der Waals surface area contributed by atoms with Crippen molar-refractivity contribution in [3.8, 4) is 11.3 Å². The van der Waals surface area contributed by atoms with Crippen molar-refractivity contribution < 1.29 is 22.8 Å². The van der Waals surface area contributed by atoms with Gasteiger partial charge in [0.1, 0.15) is 17.4 Å². The van der Waals surface area contributed by atoms with Crippen LogP contribution in [0, 0.1) is 11.2 Å². The topological polar surface area (TPSA) is 80.7 Å². The second-order valence-corrected chi connectivity index (χ2v) is 7.94. The van der Waals surface area contributed by atoms with E-state index in [9.17, 15) is 18.8 Å². The summed E-state index contributed by atoms with van der Waals surface area (Å²) >= 11 is 0. The Bertz CT molecular complexity index is 930. The van der Waals surface area contributed by atoms with Gasteiger partial charge in [0.15, 0.2) is 11.5 Å². The van der Waals surface area contributed by atoms with Crippen LogP contribution in [-0.2, 0) is 16.0 Å². The van der Waals surface area contributed by atoms with E-state index in [4.69, 9.17) is 8.83 Å². The van der Waals surface area contributed by atoms with Gasteiger partial charge in [0.25, 0.3) is 0 Å². The molecule has 0 radical (unpaired) electrons. The fourth-order valence-corrected chi connectivity index (χ4v) is 4.47. The third-order valence-corrected chi connectivity index (χ3v) is 6.24. The lowest BCUT2D eigenvalue weighted by Gasteiger charge is -2.39. The molecule has 1 aromatic heterocycles. The Balaban J connectivity index is 1.41. The molecule has 1 aliphatic carbocycles. The molecule has 0 bridgehead atoms. The minimum Gasteiger partial charge on any atom is -0.395 e. The molecule has 4 rings (SSSR count). The van der Waals surface area contributed by atoms with Crippen molar-refractivity contribution in [1.29, 1.82) is 0 Å². The van der Waals surface area contributed by atoms with E-state index in [1.54, 1.807) is 12.1 Å². The van der Waals surface area contributed by atoms with Crippen LogP contribution in [-0.4, -0.2) is 36.1 Å². The van der Waals surface area contributed by atoms with Crippen molar-refractivity contribution >= 4 is 11.6 Å². The number of piperidine rings is 1. The van der Waals surface area contributed by atoms with Crippen LogP contribution in [0.4, 0.5) is 4.39 Å². The minimum absolute atomic E-state index is 0.110. The Hall–Kier alpha value is -2.54. The van der Waals surface area contributed by atoms with Crippen molar-refractivity contribution in [2.24, 2.45) is 5.41 Å². The molecule has 0 amide bonds. The summed E-state index contributed by atoms with van der Waals surface area (Å²) in [4.78, 5) is 39.0. The first-order chi connectivity index (χ1) is 14.0. The van der Waals surface area contributed by atoms with Gasteiger partial charge in [-0.25, -0.2) is 9.18 Å². The molecule has 154 valence electrons. The highest BCUT2D eigenvalue weighted by Crippen LogP contribution is 2.39. The highest BCUT2D eigenvalue weighted by molar-refractivity contribution is 6.07. The van der Waals surface area contributed by atoms with Gasteiger partial charge in [-0.3, -0.25) is 9.59 Å². The quantitative estimate of drug-likeness (QED) is 0.731. The van der Waals surface area contributed by atoms with Crippen LogP contribution >= 0.6 is 0 Å². The summed E-state index contributed by atoms with van der Waals surface area (Å²) in [5.41, 5.74) is -0.200. The lowest BCUT2D eigenvalue weighted by Crippen LogP contribution is -2.48. The molecule has 7 heteroatoms. The van der Waals surface area contributed by atoms with Gasteiger partial charge in [-0.2, -0.15) is 0 Å². The average molecular weight is 401 g/mol. The zero-order chi connectivity index (χ0) is 20.4. The summed E-state index contributed by atoms with van der Waals surface area (Å²) in [5.74, 6) is -0.197. The van der Waals surface area contributed by atoms with E-state index in [0.717, 1.165) is 12.8 Å². The Labute approximate surface area is 167 Å². The SMILES string of the molecule is O=C1CCCCC(=O)C12CCN(CCc1oc(=O)oc1-c1ccc(F)cc1)CC2. The lowest BCUT2D eigenvalue weighted by atomic mass is 9.71. The summed E-state index contributed by atoms with van der Waals surface area (Å²) < 4.78 is 23.5. The number of hydrogen-bond acceptors (Lipinski definition) is 6. The molecule has 29 heavy (non-hydrogen) atoms. The van der Waals surface area contributed by atoms with Crippen LogP contribution < -0.4 is 5.82 Å². The second kappa shape index (κ2) is 8.06. The van der Waals surface area contributed by atoms with Gasteiger partial charge >= 0.3 is 5.82 Å². The zero-order valence-electron chi connectivity index (χ0n) is 16.2. The number of halogens is 1. The van der Waals surface area contributed by atoms with E-state index in [1.165, 1.54) is 12.1 Å². The molecular formula is C22H24FNO5. The Morgan fingerprint density at radius 3 is 2.17 bits per heavy atom. The largest absolute Gasteiger partial charge is 0.519 e. The molecule has 1 aromatic carbocycles. The number of rotatable bonds is 4. The van der Waals surface area contributed by atoms with E-state index in [2.05, 4.69) is 4.90 Å². The predicted octanol–water partition coefficient (Wildman–Crippen LogP) is 3.38. The maximum atomic E-state index is 13.2. The van der Waals surface area contributed by atoms with Gasteiger partial charge in [0, 0.05) is 31.4 Å². The summed E-state index contributed by atoms with van der Waals surface area (Å²) in [6.07, 6.45) is 4.20. The molecule has 0 unspecified atom stereocenters. The van der Waals surface area contributed by atoms with Crippen molar-refractivity contribution in [2.75, 3.05) is 19.6 Å². The summed E-state index contributed by atoms with van der Waals surface area (Å²) in [6, 6.07) is 5.69. The highest BCUT2D eigenvalue weighted by Gasteiger charge is 2.47. The molecule has 0 atom stereocenters. The molecule has 2 aliphatic rings. The smallest absolute Gasteiger partial charge is 0.395 e. The van der Waals surface area contributed by atoms with Gasteiger partial charge < -0.3 is 13.7 Å². The third-order valence-electron chi connectivity index (χ3n) is 6.24. The molecular weight excluding hydrogens is 377 g/mol. The molecule has 6 nitrogen and oxygen atoms in total. The maximum absolute atomic E-state index is 13.2. The van der Waals surface area contributed by atoms with E-state index < -0.39 is 11.2 Å². The Morgan fingerprint density at radius 1 is 0.931 bits per heavy atom. The highest BCUT2D eigenvalue weighted by atomic mass is 19.1. The Kier molecular flexibility index (Phi) is 5.50. The van der Waals surface area contributed by atoms with Crippen LogP contribution in [0.15, 0.2) is 37.9 Å². The number of benzene rings is 1. The molecule has 0 N–H and O–H groups in total. The number of carbonyl (C=O) groups excluding carboxylic acids is 2. The molecule has 2 heterocycles. The van der Waals surface area contributed by atoms with Gasteiger partial charge in [-0.1, -0.05) is 0 Å². The van der Waals surface area contributed by atoms with E-state index in [1.807, 2.05) is 0 Å². The number of likely N-dealkylation sites (tertiary alicyclic amines) is 1. The fourth-order valence-electron chi connectivity index (χ4n) is 4.47. The van der Waals surface area contributed by atoms with Crippen LogP contribution in [0.5, 0.6) is 0 Å². The van der Waals surface area contributed by atoms with Crippen LogP contribution in [0.3, 0.4) is 0 Å². The van der Waals surface area contributed by atoms with Crippen molar-refractivity contribution in [3.63, 3.8) is 0 Å². The lowest BCUT2D eigenvalue weighted by molar-refractivity contribution is -0.143. The normalized spacial score (nSPS) is 20.2.